The second kappa shape index (κ2) is 5.31. The monoisotopic (exact) mass is 218 g/mol. The van der Waals surface area contributed by atoms with Gasteiger partial charge in [0.1, 0.15) is 0 Å². The molecule has 0 radical (unpaired) electrons. The summed E-state index contributed by atoms with van der Waals surface area (Å²) in [5.74, 6) is -0.324. The first-order valence-corrected chi connectivity index (χ1v) is 5.29. The van der Waals surface area contributed by atoms with Crippen molar-refractivity contribution in [1.82, 2.24) is 0 Å². The van der Waals surface area contributed by atoms with Gasteiger partial charge in [0.25, 0.3) is 0 Å². The molecule has 1 saturated carbocycles. The molecule has 0 aromatic heterocycles. The predicted octanol–water partition coefficient (Wildman–Crippen LogP) is -0.00280. The molecule has 1 rings (SSSR count). The van der Waals surface area contributed by atoms with E-state index < -0.39 is 0 Å². The van der Waals surface area contributed by atoms with Gasteiger partial charge >= 0.3 is 81.7 Å². The van der Waals surface area contributed by atoms with Crippen LogP contribution in [0.25, 0.3) is 0 Å². The minimum atomic E-state index is -0.324. The van der Waals surface area contributed by atoms with E-state index in [1.165, 1.54) is 8.05 Å². The molecule has 0 aromatic carbocycles. The van der Waals surface area contributed by atoms with Crippen molar-refractivity contribution >= 4 is 33.1 Å². The van der Waals surface area contributed by atoms with Gasteiger partial charge in [-0.3, -0.25) is 0 Å². The first-order chi connectivity index (χ1) is 6.28. The van der Waals surface area contributed by atoms with Gasteiger partial charge in [0, 0.05) is 0 Å². The molecule has 0 N–H and O–H groups in total. The number of hydrogen-bond donors (Lipinski definition) is 0. The molecule has 0 aromatic rings. The van der Waals surface area contributed by atoms with Gasteiger partial charge in [-0.25, -0.2) is 0 Å². The Balaban J connectivity index is 2.76. The van der Waals surface area contributed by atoms with Crippen molar-refractivity contribution in [3.63, 3.8) is 0 Å². The van der Waals surface area contributed by atoms with E-state index >= 15 is 0 Å². The first-order valence-electron chi connectivity index (χ1n) is 3.94. The molecule has 0 spiro atoms. The van der Waals surface area contributed by atoms with Gasteiger partial charge in [-0.15, -0.1) is 0 Å². The van der Waals surface area contributed by atoms with E-state index in [4.69, 9.17) is 9.18 Å². The Hall–Kier alpha value is 0.380. The van der Waals surface area contributed by atoms with Crippen LogP contribution in [-0.4, -0.2) is 33.1 Å². The molecule has 0 saturated heterocycles. The van der Waals surface area contributed by atoms with Gasteiger partial charge in [-0.1, -0.05) is 0 Å². The van der Waals surface area contributed by atoms with Gasteiger partial charge in [0.15, 0.2) is 0 Å². The minimum absolute atomic E-state index is 0.0106. The van der Waals surface area contributed by atoms with Crippen LogP contribution in [0, 0.1) is 0 Å². The van der Waals surface area contributed by atoms with Crippen molar-refractivity contribution in [2.24, 2.45) is 0 Å². The zero-order valence-electron chi connectivity index (χ0n) is 7.25. The summed E-state index contributed by atoms with van der Waals surface area (Å²) in [7, 11) is 4.47. The van der Waals surface area contributed by atoms with E-state index in [0.717, 1.165) is 7.15 Å². The van der Waals surface area contributed by atoms with Gasteiger partial charge < -0.3 is 0 Å². The molecular weight excluding hydrogens is 208 g/mol. The van der Waals surface area contributed by atoms with Crippen LogP contribution >= 0.6 is 17.9 Å². The van der Waals surface area contributed by atoms with Gasteiger partial charge in [-0.05, 0) is 0 Å². The third kappa shape index (κ3) is 2.24. The fourth-order valence-corrected chi connectivity index (χ4v) is 2.66. The van der Waals surface area contributed by atoms with Crippen molar-refractivity contribution in [3.05, 3.63) is 0 Å². The molecular formula is C5H10B2O4P2. The topological polar surface area (TPSA) is 52.6 Å². The van der Waals surface area contributed by atoms with Crippen molar-refractivity contribution in [2.45, 2.75) is 30.1 Å². The average molecular weight is 218 g/mol. The molecule has 70 valence electrons. The van der Waals surface area contributed by atoms with Crippen LogP contribution in [0.2, 0.25) is 5.82 Å². The molecule has 0 heterocycles. The molecule has 0 bridgehead atoms. The summed E-state index contributed by atoms with van der Waals surface area (Å²) in [6.45, 7) is 0. The molecule has 0 aliphatic heterocycles. The maximum absolute atomic E-state index is 10.7. The number of rotatable bonds is 4. The van der Waals surface area contributed by atoms with Gasteiger partial charge in [0.2, 0.25) is 0 Å². The van der Waals surface area contributed by atoms with Crippen LogP contribution in [0.4, 0.5) is 0 Å². The van der Waals surface area contributed by atoms with Crippen LogP contribution in [0.15, 0.2) is 0 Å². The predicted molar refractivity (Wildman–Crippen MR) is 54.2 cm³/mol. The molecule has 1 fully saturated rings. The third-order valence-electron chi connectivity index (χ3n) is 2.40. The summed E-state index contributed by atoms with van der Waals surface area (Å²) in [5, 5.41) is 0. The molecule has 1 aliphatic carbocycles. The van der Waals surface area contributed by atoms with Crippen LogP contribution in [0.3, 0.4) is 0 Å². The molecule has 4 nitrogen and oxygen atoms in total. The fourth-order valence-electron chi connectivity index (χ4n) is 1.72. The fraction of sp³-hybridized carbons (Fsp3) is 1.00. The summed E-state index contributed by atoms with van der Waals surface area (Å²) < 4.78 is 31.6. The summed E-state index contributed by atoms with van der Waals surface area (Å²) in [4.78, 5) is 0. The summed E-state index contributed by atoms with van der Waals surface area (Å²) in [5.41, 5.74) is -0.173. The molecule has 8 heteroatoms. The van der Waals surface area contributed by atoms with E-state index in [-0.39, 0.29) is 32.1 Å². The van der Waals surface area contributed by atoms with E-state index in [2.05, 4.69) is 9.47 Å². The van der Waals surface area contributed by atoms with Gasteiger partial charge in [0.05, 0.1) is 0 Å². The van der Waals surface area contributed by atoms with E-state index in [1.54, 1.807) is 0 Å². The van der Waals surface area contributed by atoms with E-state index in [1.807, 2.05) is 0 Å². The quantitative estimate of drug-likeness (QED) is 0.491. The van der Waals surface area contributed by atoms with Crippen molar-refractivity contribution in [2.75, 3.05) is 0 Å². The SMILES string of the molecule is BO[C@H]1[C@@H](B=O)[C@@H](P=O)C[C@H]1OP. The second-order valence-corrected chi connectivity index (χ2v) is 4.14. The Bertz CT molecular complexity index is 205. The Morgan fingerprint density at radius 1 is 1.62 bits per heavy atom. The molecule has 5 atom stereocenters. The number of hydrogen-bond acceptors (Lipinski definition) is 4. The van der Waals surface area contributed by atoms with E-state index in [9.17, 15) is 9.27 Å². The van der Waals surface area contributed by atoms with Crippen LogP contribution in [0.5, 0.6) is 0 Å². The zero-order chi connectivity index (χ0) is 9.84. The molecule has 0 amide bonds. The second-order valence-electron chi connectivity index (χ2n) is 3.00. The Kier molecular flexibility index (Phi) is 4.68. The standard InChI is InChI=1S/C5H10B2O4P2/c6-10-5-2(11-12)1-3(13-9)4(5)7-8/h2-5H,1,6,12H2/t2-,3+,4+,5-/m1/s1. The van der Waals surface area contributed by atoms with Crippen LogP contribution < -0.4 is 0 Å². The Labute approximate surface area is 82.3 Å². The first kappa shape index (κ1) is 11.5. The van der Waals surface area contributed by atoms with Crippen LogP contribution in [0.1, 0.15) is 6.42 Å². The van der Waals surface area contributed by atoms with E-state index in [0.29, 0.717) is 6.42 Å². The van der Waals surface area contributed by atoms with Crippen LogP contribution in [-0.2, 0) is 18.4 Å². The normalized spacial score (nSPS) is 39.2. The van der Waals surface area contributed by atoms with Gasteiger partial charge in [-0.2, -0.15) is 0 Å². The van der Waals surface area contributed by atoms with Crippen molar-refractivity contribution in [1.29, 1.82) is 0 Å². The zero-order valence-corrected chi connectivity index (χ0v) is 9.30. The van der Waals surface area contributed by atoms with Crippen molar-refractivity contribution < 1.29 is 18.4 Å². The summed E-state index contributed by atoms with van der Waals surface area (Å²) >= 11 is 0. The molecule has 1 unspecified atom stereocenters. The summed E-state index contributed by atoms with van der Waals surface area (Å²) in [6, 6.07) is 0. The molecule has 1 aliphatic rings. The average Bonchev–Trinajstić information content (AvgIpc) is 2.54. The maximum atomic E-state index is 10.7. The Morgan fingerprint density at radius 3 is 2.69 bits per heavy atom. The Morgan fingerprint density at radius 2 is 2.31 bits per heavy atom. The third-order valence-corrected chi connectivity index (χ3v) is 3.58. The molecule has 13 heavy (non-hydrogen) atoms. The summed E-state index contributed by atoms with van der Waals surface area (Å²) in [6.07, 6.45) is 0.161. The van der Waals surface area contributed by atoms with Crippen molar-refractivity contribution in [3.8, 4) is 0 Å².